The molecule has 3 N–H and O–H groups in total. The zero-order valence-electron chi connectivity index (χ0n) is 10.1. The van der Waals surface area contributed by atoms with Crippen molar-refractivity contribution < 1.29 is 14.3 Å². The topological polar surface area (TPSA) is 66.6 Å². The molecule has 0 aromatic heterocycles. The van der Waals surface area contributed by atoms with Gasteiger partial charge in [-0.1, -0.05) is 6.07 Å². The Morgan fingerprint density at radius 3 is 2.72 bits per heavy atom. The van der Waals surface area contributed by atoms with E-state index in [9.17, 15) is 14.3 Å². The zero-order chi connectivity index (χ0) is 13.1. The molecule has 1 aliphatic rings. The summed E-state index contributed by atoms with van der Waals surface area (Å²) in [6, 6.07) is 3.99. The molecular formula is C13H17FN2O2. The quantitative estimate of drug-likeness (QED) is 0.853. The van der Waals surface area contributed by atoms with E-state index >= 15 is 0 Å². The lowest BCUT2D eigenvalue weighted by molar-refractivity contribution is 0.0581. The first-order valence-electron chi connectivity index (χ1n) is 6.13. The van der Waals surface area contributed by atoms with Gasteiger partial charge < -0.3 is 15.7 Å². The summed E-state index contributed by atoms with van der Waals surface area (Å²) < 4.78 is 13.6. The van der Waals surface area contributed by atoms with Gasteiger partial charge in [0.2, 0.25) is 0 Å². The number of nitrogens with zero attached hydrogens (tertiary/aromatic N) is 1. The molecule has 4 nitrogen and oxygen atoms in total. The van der Waals surface area contributed by atoms with Crippen LogP contribution in [0.4, 0.5) is 4.39 Å². The molecule has 1 aliphatic carbocycles. The molecule has 0 heterocycles. The van der Waals surface area contributed by atoms with Crippen molar-refractivity contribution in [1.29, 1.82) is 0 Å². The minimum atomic E-state index is -0.693. The van der Waals surface area contributed by atoms with E-state index in [1.165, 1.54) is 18.2 Å². The molecule has 98 valence electrons. The number of hydrogen-bond donors (Lipinski definition) is 2. The van der Waals surface area contributed by atoms with E-state index < -0.39 is 11.7 Å². The minimum absolute atomic E-state index is 0.125. The zero-order valence-corrected chi connectivity index (χ0v) is 10.1. The van der Waals surface area contributed by atoms with E-state index in [1.807, 2.05) is 0 Å². The molecule has 0 aliphatic heterocycles. The molecule has 0 saturated heterocycles. The predicted molar refractivity (Wildman–Crippen MR) is 65.8 cm³/mol. The van der Waals surface area contributed by atoms with Crippen LogP contribution in [0.3, 0.4) is 0 Å². The molecule has 0 bridgehead atoms. The van der Waals surface area contributed by atoms with Gasteiger partial charge in [-0.15, -0.1) is 0 Å². The first kappa shape index (κ1) is 12.8. The summed E-state index contributed by atoms with van der Waals surface area (Å²) in [5, 5.41) is 9.63. The summed E-state index contributed by atoms with van der Waals surface area (Å²) in [6.45, 7) is 0.717. The van der Waals surface area contributed by atoms with Crippen LogP contribution >= 0.6 is 0 Å². The third-order valence-electron chi connectivity index (χ3n) is 3.35. The summed E-state index contributed by atoms with van der Waals surface area (Å²) in [7, 11) is 0. The highest BCUT2D eigenvalue weighted by atomic mass is 19.1. The molecular weight excluding hydrogens is 235 g/mol. The van der Waals surface area contributed by atoms with Gasteiger partial charge in [-0.05, 0) is 31.4 Å². The monoisotopic (exact) mass is 252 g/mol. The van der Waals surface area contributed by atoms with E-state index in [0.717, 1.165) is 19.3 Å². The van der Waals surface area contributed by atoms with Crippen LogP contribution in [0.2, 0.25) is 0 Å². The first-order valence-corrected chi connectivity index (χ1v) is 6.13. The summed E-state index contributed by atoms with van der Waals surface area (Å²) in [4.78, 5) is 13.9. The first-order chi connectivity index (χ1) is 8.65. The number of rotatable bonds is 4. The number of phenolic OH excluding ortho intramolecular Hbond substituents is 1. The maximum Gasteiger partial charge on any atom is 0.260 e. The van der Waals surface area contributed by atoms with Gasteiger partial charge in [-0.2, -0.15) is 0 Å². The highest BCUT2D eigenvalue weighted by molar-refractivity contribution is 5.97. The van der Waals surface area contributed by atoms with E-state index in [2.05, 4.69) is 0 Å². The Morgan fingerprint density at radius 2 is 2.22 bits per heavy atom. The molecule has 0 spiro atoms. The van der Waals surface area contributed by atoms with Crippen molar-refractivity contribution in [3.8, 4) is 5.75 Å². The molecule has 0 unspecified atom stereocenters. The number of amides is 1. The predicted octanol–water partition coefficient (Wildman–Crippen LogP) is 1.48. The fraction of sp³-hybridized carbons (Fsp3) is 0.462. The van der Waals surface area contributed by atoms with Crippen LogP contribution < -0.4 is 5.73 Å². The van der Waals surface area contributed by atoms with Crippen LogP contribution in [-0.4, -0.2) is 35.0 Å². The van der Waals surface area contributed by atoms with Crippen LogP contribution in [0.15, 0.2) is 18.2 Å². The van der Waals surface area contributed by atoms with Gasteiger partial charge in [0.1, 0.15) is 17.1 Å². The van der Waals surface area contributed by atoms with Gasteiger partial charge in [-0.3, -0.25) is 4.79 Å². The molecule has 0 radical (unpaired) electrons. The maximum absolute atomic E-state index is 13.6. The highest BCUT2D eigenvalue weighted by Gasteiger charge is 2.31. The van der Waals surface area contributed by atoms with Gasteiger partial charge in [0.25, 0.3) is 5.91 Å². The maximum atomic E-state index is 13.6. The molecule has 2 rings (SSSR count). The van der Waals surface area contributed by atoms with Crippen LogP contribution in [0.1, 0.15) is 29.6 Å². The lowest BCUT2D eigenvalue weighted by Crippen LogP contribution is -2.46. The van der Waals surface area contributed by atoms with Crippen molar-refractivity contribution >= 4 is 5.91 Å². The van der Waals surface area contributed by atoms with Gasteiger partial charge >= 0.3 is 0 Å². The Balaban J connectivity index is 2.27. The van der Waals surface area contributed by atoms with Crippen LogP contribution in [0, 0.1) is 5.82 Å². The molecule has 1 aromatic carbocycles. The average molecular weight is 252 g/mol. The summed E-state index contributed by atoms with van der Waals surface area (Å²) in [5.41, 5.74) is 5.24. The Labute approximate surface area is 105 Å². The Hall–Kier alpha value is -1.62. The van der Waals surface area contributed by atoms with Crippen molar-refractivity contribution in [3.63, 3.8) is 0 Å². The Bertz CT molecular complexity index is 426. The number of aromatic hydroxyl groups is 1. The number of benzene rings is 1. The van der Waals surface area contributed by atoms with Gasteiger partial charge in [0.15, 0.2) is 0 Å². The molecule has 1 amide bonds. The number of carbonyl (C=O) groups is 1. The second kappa shape index (κ2) is 5.35. The Morgan fingerprint density at radius 1 is 1.50 bits per heavy atom. The number of phenols is 1. The van der Waals surface area contributed by atoms with Crippen LogP contribution in [-0.2, 0) is 0 Å². The molecule has 0 atom stereocenters. The van der Waals surface area contributed by atoms with Gasteiger partial charge in [-0.25, -0.2) is 4.39 Å². The number of halogens is 1. The normalized spacial score (nSPS) is 15.2. The van der Waals surface area contributed by atoms with E-state index in [1.54, 1.807) is 4.90 Å². The largest absolute Gasteiger partial charge is 0.507 e. The van der Waals surface area contributed by atoms with E-state index in [0.29, 0.717) is 13.1 Å². The van der Waals surface area contributed by atoms with Gasteiger partial charge in [0.05, 0.1) is 0 Å². The summed E-state index contributed by atoms with van der Waals surface area (Å²) in [6.07, 6.45) is 2.91. The second-order valence-corrected chi connectivity index (χ2v) is 4.51. The Kier molecular flexibility index (Phi) is 3.81. The summed E-state index contributed by atoms with van der Waals surface area (Å²) >= 11 is 0. The van der Waals surface area contributed by atoms with Crippen molar-refractivity contribution in [1.82, 2.24) is 4.90 Å². The minimum Gasteiger partial charge on any atom is -0.507 e. The smallest absolute Gasteiger partial charge is 0.260 e. The van der Waals surface area contributed by atoms with Crippen LogP contribution in [0.5, 0.6) is 5.75 Å². The highest BCUT2D eigenvalue weighted by Crippen LogP contribution is 2.28. The average Bonchev–Trinajstić information content (AvgIpc) is 2.25. The summed E-state index contributed by atoms with van der Waals surface area (Å²) in [5.74, 6) is -1.48. The standard InChI is InChI=1S/C13H17FN2O2/c14-10-5-2-6-11(17)12(10)13(18)16(8-7-15)9-3-1-4-9/h2,5-6,9,17H,1,3-4,7-8,15H2. The van der Waals surface area contributed by atoms with Gasteiger partial charge in [0, 0.05) is 19.1 Å². The van der Waals surface area contributed by atoms with Crippen molar-refractivity contribution in [2.45, 2.75) is 25.3 Å². The SMILES string of the molecule is NCCN(C(=O)c1c(O)cccc1F)C1CCC1. The molecule has 1 saturated carbocycles. The molecule has 1 aromatic rings. The fourth-order valence-electron chi connectivity index (χ4n) is 2.16. The number of hydrogen-bond acceptors (Lipinski definition) is 3. The lowest BCUT2D eigenvalue weighted by Gasteiger charge is -2.37. The fourth-order valence-corrected chi connectivity index (χ4v) is 2.16. The number of nitrogens with two attached hydrogens (primary N) is 1. The van der Waals surface area contributed by atoms with Crippen molar-refractivity contribution in [2.75, 3.05) is 13.1 Å². The van der Waals surface area contributed by atoms with E-state index in [-0.39, 0.29) is 17.4 Å². The third-order valence-corrected chi connectivity index (χ3v) is 3.35. The molecule has 5 heteroatoms. The number of carbonyl (C=O) groups excluding carboxylic acids is 1. The van der Waals surface area contributed by atoms with Crippen LogP contribution in [0.25, 0.3) is 0 Å². The molecule has 1 fully saturated rings. The third kappa shape index (κ3) is 2.31. The second-order valence-electron chi connectivity index (χ2n) is 4.51. The molecule has 18 heavy (non-hydrogen) atoms. The lowest BCUT2D eigenvalue weighted by atomic mass is 9.91. The van der Waals surface area contributed by atoms with E-state index in [4.69, 9.17) is 5.73 Å². The van der Waals surface area contributed by atoms with Crippen molar-refractivity contribution in [2.24, 2.45) is 5.73 Å². The van der Waals surface area contributed by atoms with Crippen molar-refractivity contribution in [3.05, 3.63) is 29.6 Å².